The highest BCUT2D eigenvalue weighted by molar-refractivity contribution is 9.10. The molecule has 1 aliphatic rings. The van der Waals surface area contributed by atoms with Gasteiger partial charge in [0, 0.05) is 36.7 Å². The molecule has 1 fully saturated rings. The summed E-state index contributed by atoms with van der Waals surface area (Å²) in [4.78, 5) is 14.2. The predicted octanol–water partition coefficient (Wildman–Crippen LogP) is 4.30. The lowest BCUT2D eigenvalue weighted by Crippen LogP contribution is -2.29. The minimum atomic E-state index is -3.67. The minimum absolute atomic E-state index is 0.0174. The molecule has 0 radical (unpaired) electrons. The second-order valence-corrected chi connectivity index (χ2v) is 9.91. The van der Waals surface area contributed by atoms with Crippen LogP contribution in [0.3, 0.4) is 0 Å². The maximum atomic E-state index is 14.0. The first-order valence-corrected chi connectivity index (χ1v) is 11.3. The van der Waals surface area contributed by atoms with Gasteiger partial charge in [0.1, 0.15) is 5.82 Å². The summed E-state index contributed by atoms with van der Waals surface area (Å²) in [5.41, 5.74) is 0.405. The second kappa shape index (κ2) is 8.49. The van der Waals surface area contributed by atoms with E-state index in [0.717, 1.165) is 12.8 Å². The fourth-order valence-electron chi connectivity index (χ4n) is 3.10. The number of carbonyl (C=O) groups excluding carboxylic acids is 1. The molecule has 0 atom stereocenters. The quantitative estimate of drug-likeness (QED) is 0.629. The van der Waals surface area contributed by atoms with Crippen molar-refractivity contribution >= 4 is 43.5 Å². The van der Waals surface area contributed by atoms with Gasteiger partial charge in [-0.2, -0.15) is 4.31 Å². The van der Waals surface area contributed by atoms with Gasteiger partial charge in [-0.3, -0.25) is 4.79 Å². The van der Waals surface area contributed by atoms with Gasteiger partial charge >= 0.3 is 0 Å². The summed E-state index contributed by atoms with van der Waals surface area (Å²) in [5.74, 6) is -0.915. The summed E-state index contributed by atoms with van der Waals surface area (Å²) in [6, 6.07) is 8.59. The summed E-state index contributed by atoms with van der Waals surface area (Å²) >= 11 is 9.45. The molecule has 1 saturated heterocycles. The van der Waals surface area contributed by atoms with Crippen LogP contribution in [0.5, 0.6) is 0 Å². The van der Waals surface area contributed by atoms with Crippen molar-refractivity contribution in [3.05, 3.63) is 62.8 Å². The molecule has 2 aromatic carbocycles. The third-order valence-corrected chi connectivity index (χ3v) is 7.35. The number of hydrogen-bond acceptors (Lipinski definition) is 3. The Hall–Kier alpha value is -1.48. The first-order chi connectivity index (χ1) is 13.2. The van der Waals surface area contributed by atoms with Crippen LogP contribution in [0.2, 0.25) is 5.02 Å². The Morgan fingerprint density at radius 1 is 1.21 bits per heavy atom. The second-order valence-electron chi connectivity index (χ2n) is 6.65. The Labute approximate surface area is 177 Å². The van der Waals surface area contributed by atoms with Crippen LogP contribution in [0.15, 0.2) is 45.8 Å². The molecule has 1 amide bonds. The molecule has 1 aliphatic heterocycles. The van der Waals surface area contributed by atoms with E-state index in [2.05, 4.69) is 15.9 Å². The molecule has 150 valence electrons. The molecular formula is C19H19BrClFN2O3S. The number of rotatable bonds is 5. The molecule has 0 bridgehead atoms. The molecule has 0 saturated carbocycles. The lowest BCUT2D eigenvalue weighted by atomic mass is 10.1. The average Bonchev–Trinajstić information content (AvgIpc) is 3.20. The molecule has 3 rings (SSSR count). The van der Waals surface area contributed by atoms with Gasteiger partial charge in [0.05, 0.1) is 15.5 Å². The van der Waals surface area contributed by atoms with E-state index in [1.807, 2.05) is 0 Å². The number of halogens is 3. The molecule has 5 nitrogen and oxygen atoms in total. The van der Waals surface area contributed by atoms with E-state index in [1.165, 1.54) is 40.5 Å². The Balaban J connectivity index is 1.88. The summed E-state index contributed by atoms with van der Waals surface area (Å²) < 4.78 is 41.6. The highest BCUT2D eigenvalue weighted by Gasteiger charge is 2.28. The first kappa shape index (κ1) is 21.2. The minimum Gasteiger partial charge on any atom is -0.337 e. The van der Waals surface area contributed by atoms with Crippen molar-refractivity contribution in [2.45, 2.75) is 24.3 Å². The van der Waals surface area contributed by atoms with Crippen molar-refractivity contribution in [1.29, 1.82) is 0 Å². The number of nitrogens with zero attached hydrogens (tertiary/aromatic N) is 2. The van der Waals surface area contributed by atoms with Crippen molar-refractivity contribution < 1.29 is 17.6 Å². The van der Waals surface area contributed by atoms with Crippen LogP contribution >= 0.6 is 27.5 Å². The third-order valence-electron chi connectivity index (χ3n) is 4.63. The number of amides is 1. The maximum absolute atomic E-state index is 14.0. The fraction of sp³-hybridized carbons (Fsp3) is 0.316. The lowest BCUT2D eigenvalue weighted by Gasteiger charge is -2.20. The Morgan fingerprint density at radius 2 is 1.89 bits per heavy atom. The molecule has 1 heterocycles. The van der Waals surface area contributed by atoms with E-state index in [9.17, 15) is 17.6 Å². The van der Waals surface area contributed by atoms with Gasteiger partial charge in [-0.1, -0.05) is 27.5 Å². The third kappa shape index (κ3) is 4.40. The number of carbonyl (C=O) groups is 1. The predicted molar refractivity (Wildman–Crippen MR) is 109 cm³/mol. The van der Waals surface area contributed by atoms with Gasteiger partial charge in [0.15, 0.2) is 0 Å². The van der Waals surface area contributed by atoms with Crippen LogP contribution in [0, 0.1) is 5.82 Å². The topological polar surface area (TPSA) is 57.7 Å². The highest BCUT2D eigenvalue weighted by Crippen LogP contribution is 2.26. The number of sulfonamides is 1. The van der Waals surface area contributed by atoms with Crippen molar-refractivity contribution in [2.24, 2.45) is 0 Å². The summed E-state index contributed by atoms with van der Waals surface area (Å²) in [6.07, 6.45) is 1.64. The summed E-state index contributed by atoms with van der Waals surface area (Å²) in [5, 5.41) is 0.145. The van der Waals surface area contributed by atoms with E-state index in [1.54, 1.807) is 12.1 Å². The van der Waals surface area contributed by atoms with Crippen LogP contribution in [-0.4, -0.2) is 43.7 Å². The van der Waals surface area contributed by atoms with E-state index in [4.69, 9.17) is 11.6 Å². The molecule has 0 aromatic heterocycles. The van der Waals surface area contributed by atoms with Gasteiger partial charge in [-0.05, 0) is 49.2 Å². The molecule has 0 unspecified atom stereocenters. The molecule has 0 N–H and O–H groups in total. The highest BCUT2D eigenvalue weighted by atomic mass is 79.9. The van der Waals surface area contributed by atoms with Crippen molar-refractivity contribution in [3.8, 4) is 0 Å². The summed E-state index contributed by atoms with van der Waals surface area (Å²) in [7, 11) is -2.16. The van der Waals surface area contributed by atoms with Crippen molar-refractivity contribution in [2.75, 3.05) is 20.1 Å². The van der Waals surface area contributed by atoms with E-state index >= 15 is 0 Å². The van der Waals surface area contributed by atoms with Gasteiger partial charge in [0.2, 0.25) is 10.0 Å². The smallest absolute Gasteiger partial charge is 0.255 e. The Bertz CT molecular complexity index is 1010. The van der Waals surface area contributed by atoms with Crippen LogP contribution in [0.4, 0.5) is 4.39 Å². The zero-order valence-electron chi connectivity index (χ0n) is 15.2. The maximum Gasteiger partial charge on any atom is 0.255 e. The van der Waals surface area contributed by atoms with E-state index in [0.29, 0.717) is 23.1 Å². The molecule has 0 spiro atoms. The van der Waals surface area contributed by atoms with Crippen LogP contribution in [0.1, 0.15) is 28.8 Å². The Morgan fingerprint density at radius 3 is 2.57 bits per heavy atom. The van der Waals surface area contributed by atoms with Gasteiger partial charge in [-0.15, -0.1) is 0 Å². The standard InChI is InChI=1S/C19H19BrClFN2O3S/c1-23(12-13-10-14(20)4-7-18(13)22)19(25)16-11-15(5-6-17(16)21)28(26,27)24-8-2-3-9-24/h4-7,10-11H,2-3,8-9,12H2,1H3. The monoisotopic (exact) mass is 488 g/mol. The van der Waals surface area contributed by atoms with Crippen molar-refractivity contribution in [3.63, 3.8) is 0 Å². The van der Waals surface area contributed by atoms with Crippen LogP contribution in [0.25, 0.3) is 0 Å². The zero-order valence-corrected chi connectivity index (χ0v) is 18.3. The Kier molecular flexibility index (Phi) is 6.44. The SMILES string of the molecule is CN(Cc1cc(Br)ccc1F)C(=O)c1cc(S(=O)(=O)N2CCCC2)ccc1Cl. The van der Waals surface area contributed by atoms with E-state index < -0.39 is 21.7 Å². The normalized spacial score (nSPS) is 15.0. The van der Waals surface area contributed by atoms with Gasteiger partial charge < -0.3 is 4.90 Å². The van der Waals surface area contributed by atoms with E-state index in [-0.39, 0.29) is 22.0 Å². The van der Waals surface area contributed by atoms with Crippen molar-refractivity contribution in [1.82, 2.24) is 9.21 Å². The fourth-order valence-corrected chi connectivity index (χ4v) is 5.25. The lowest BCUT2D eigenvalue weighted by molar-refractivity contribution is 0.0783. The van der Waals surface area contributed by atoms with Gasteiger partial charge in [0.25, 0.3) is 5.91 Å². The molecular weight excluding hydrogens is 471 g/mol. The largest absolute Gasteiger partial charge is 0.337 e. The first-order valence-electron chi connectivity index (χ1n) is 8.69. The van der Waals surface area contributed by atoms with Crippen LogP contribution < -0.4 is 0 Å². The molecule has 2 aromatic rings. The molecule has 28 heavy (non-hydrogen) atoms. The molecule has 0 aliphatic carbocycles. The molecule has 9 heteroatoms. The number of hydrogen-bond donors (Lipinski definition) is 0. The summed E-state index contributed by atoms with van der Waals surface area (Å²) in [6.45, 7) is 0.955. The zero-order chi connectivity index (χ0) is 20.5. The van der Waals surface area contributed by atoms with Gasteiger partial charge in [-0.25, -0.2) is 12.8 Å². The number of benzene rings is 2. The van der Waals surface area contributed by atoms with Crippen LogP contribution in [-0.2, 0) is 16.6 Å². The average molecular weight is 490 g/mol.